The smallest absolute Gasteiger partial charge is 0.234 e. The number of halogens is 1. The summed E-state index contributed by atoms with van der Waals surface area (Å²) in [6.07, 6.45) is 1.70. The molecule has 1 aliphatic rings. The van der Waals surface area contributed by atoms with Crippen molar-refractivity contribution >= 4 is 17.5 Å². The van der Waals surface area contributed by atoms with E-state index < -0.39 is 0 Å². The fraction of sp³-hybridized carbons (Fsp3) is 0.389. The van der Waals surface area contributed by atoms with Gasteiger partial charge in [-0.2, -0.15) is 0 Å². The van der Waals surface area contributed by atoms with Gasteiger partial charge in [-0.25, -0.2) is 0 Å². The first-order valence-electron chi connectivity index (χ1n) is 8.17. The Balaban J connectivity index is 1.36. The van der Waals surface area contributed by atoms with Crippen LogP contribution in [0.5, 0.6) is 0 Å². The molecule has 1 N–H and O–H groups in total. The van der Waals surface area contributed by atoms with Crippen LogP contribution in [0, 0.1) is 0 Å². The van der Waals surface area contributed by atoms with Crippen LogP contribution in [0.3, 0.4) is 0 Å². The minimum Gasteiger partial charge on any atom is -0.468 e. The zero-order valence-corrected chi connectivity index (χ0v) is 14.3. The van der Waals surface area contributed by atoms with Crippen LogP contribution < -0.4 is 5.32 Å². The molecule has 0 unspecified atom stereocenters. The van der Waals surface area contributed by atoms with Crippen molar-refractivity contribution in [1.82, 2.24) is 15.1 Å². The maximum Gasteiger partial charge on any atom is 0.234 e. The largest absolute Gasteiger partial charge is 0.468 e. The molecule has 6 heteroatoms. The molecule has 3 rings (SSSR count). The van der Waals surface area contributed by atoms with Crippen molar-refractivity contribution in [3.8, 4) is 0 Å². The number of nitrogens with zero attached hydrogens (tertiary/aromatic N) is 2. The minimum absolute atomic E-state index is 0.0597. The summed E-state index contributed by atoms with van der Waals surface area (Å²) in [7, 11) is 0. The van der Waals surface area contributed by atoms with E-state index in [0.717, 1.165) is 44.0 Å². The predicted octanol–water partition coefficient (Wildman–Crippen LogP) is 2.37. The number of hydrogen-bond donors (Lipinski definition) is 1. The monoisotopic (exact) mass is 347 g/mol. The Hall–Kier alpha value is -1.82. The first-order valence-corrected chi connectivity index (χ1v) is 8.55. The summed E-state index contributed by atoms with van der Waals surface area (Å²) in [5.74, 6) is 1.05. The Kier molecular flexibility index (Phi) is 5.91. The second-order valence-corrected chi connectivity index (χ2v) is 6.47. The molecule has 24 heavy (non-hydrogen) atoms. The van der Waals surface area contributed by atoms with Crippen molar-refractivity contribution in [3.63, 3.8) is 0 Å². The molecule has 2 aromatic rings. The normalized spacial score (nSPS) is 16.2. The highest BCUT2D eigenvalue weighted by molar-refractivity contribution is 6.30. The van der Waals surface area contributed by atoms with E-state index >= 15 is 0 Å². The molecule has 1 amide bonds. The molecule has 1 aliphatic heterocycles. The van der Waals surface area contributed by atoms with Gasteiger partial charge in [-0.15, -0.1) is 0 Å². The summed E-state index contributed by atoms with van der Waals surface area (Å²) in [6, 6.07) is 11.4. The summed E-state index contributed by atoms with van der Waals surface area (Å²) in [6.45, 7) is 5.51. The van der Waals surface area contributed by atoms with E-state index in [9.17, 15) is 4.79 Å². The maximum absolute atomic E-state index is 12.1. The van der Waals surface area contributed by atoms with Gasteiger partial charge in [0.1, 0.15) is 5.76 Å². The Morgan fingerprint density at radius 3 is 2.46 bits per heavy atom. The van der Waals surface area contributed by atoms with E-state index in [1.165, 1.54) is 0 Å². The highest BCUT2D eigenvalue weighted by Crippen LogP contribution is 2.10. The number of nitrogens with one attached hydrogen (secondary N) is 1. The van der Waals surface area contributed by atoms with Crippen LogP contribution in [-0.4, -0.2) is 48.4 Å². The second-order valence-electron chi connectivity index (χ2n) is 6.03. The van der Waals surface area contributed by atoms with Gasteiger partial charge in [0.15, 0.2) is 0 Å². The van der Waals surface area contributed by atoms with Gasteiger partial charge in [-0.1, -0.05) is 23.7 Å². The summed E-state index contributed by atoms with van der Waals surface area (Å²) >= 11 is 5.86. The zero-order chi connectivity index (χ0) is 16.8. The molecule has 0 aliphatic carbocycles. The van der Waals surface area contributed by atoms with Gasteiger partial charge in [0.25, 0.3) is 0 Å². The van der Waals surface area contributed by atoms with Gasteiger partial charge >= 0.3 is 0 Å². The lowest BCUT2D eigenvalue weighted by atomic mass is 10.2. The Bertz CT molecular complexity index is 635. The molecule has 0 atom stereocenters. The molecule has 0 saturated carbocycles. The third kappa shape index (κ3) is 5.09. The lowest BCUT2D eigenvalue weighted by molar-refractivity contribution is -0.122. The van der Waals surface area contributed by atoms with Crippen molar-refractivity contribution in [2.75, 3.05) is 32.7 Å². The number of carbonyl (C=O) groups excluding carboxylic acids is 1. The lowest BCUT2D eigenvalue weighted by Gasteiger charge is -2.33. The van der Waals surface area contributed by atoms with Crippen LogP contribution in [0.15, 0.2) is 47.1 Å². The van der Waals surface area contributed by atoms with Gasteiger partial charge in [0.05, 0.1) is 19.4 Å². The standard InChI is InChI=1S/C18H22ClN3O2/c19-16-5-3-15(4-6-16)12-20-18(23)14-22-9-7-21(8-10-22)13-17-2-1-11-24-17/h1-6,11H,7-10,12-14H2,(H,20,23). The molecule has 1 fully saturated rings. The van der Waals surface area contributed by atoms with Crippen molar-refractivity contribution in [3.05, 3.63) is 59.0 Å². The molecular formula is C18H22ClN3O2. The highest BCUT2D eigenvalue weighted by Gasteiger charge is 2.19. The van der Waals surface area contributed by atoms with Gasteiger partial charge in [-0.3, -0.25) is 14.6 Å². The van der Waals surface area contributed by atoms with Crippen molar-refractivity contribution in [2.45, 2.75) is 13.1 Å². The average molecular weight is 348 g/mol. The van der Waals surface area contributed by atoms with E-state index in [-0.39, 0.29) is 5.91 Å². The highest BCUT2D eigenvalue weighted by atomic mass is 35.5. The molecule has 2 heterocycles. The Morgan fingerprint density at radius 1 is 1.08 bits per heavy atom. The molecule has 0 bridgehead atoms. The summed E-state index contributed by atoms with van der Waals surface area (Å²) in [4.78, 5) is 16.6. The van der Waals surface area contributed by atoms with Gasteiger partial charge in [0, 0.05) is 37.7 Å². The minimum atomic E-state index is 0.0597. The molecular weight excluding hydrogens is 326 g/mol. The van der Waals surface area contributed by atoms with E-state index in [4.69, 9.17) is 16.0 Å². The fourth-order valence-corrected chi connectivity index (χ4v) is 2.92. The van der Waals surface area contributed by atoms with Gasteiger partial charge in [0.2, 0.25) is 5.91 Å². The van der Waals surface area contributed by atoms with Crippen molar-refractivity contribution < 1.29 is 9.21 Å². The SMILES string of the molecule is O=C(CN1CCN(Cc2ccco2)CC1)NCc1ccc(Cl)cc1. The third-order valence-corrected chi connectivity index (χ3v) is 4.45. The summed E-state index contributed by atoms with van der Waals surface area (Å²) in [5, 5.41) is 3.67. The number of benzene rings is 1. The van der Waals surface area contributed by atoms with Crippen LogP contribution in [0.1, 0.15) is 11.3 Å². The maximum atomic E-state index is 12.1. The number of carbonyl (C=O) groups is 1. The average Bonchev–Trinajstić information content (AvgIpc) is 3.09. The molecule has 0 spiro atoms. The van der Waals surface area contributed by atoms with Crippen molar-refractivity contribution in [1.29, 1.82) is 0 Å². The van der Waals surface area contributed by atoms with Gasteiger partial charge in [-0.05, 0) is 29.8 Å². The Morgan fingerprint density at radius 2 is 1.79 bits per heavy atom. The van der Waals surface area contributed by atoms with E-state index in [1.54, 1.807) is 6.26 Å². The number of amides is 1. The first kappa shape index (κ1) is 17.0. The number of piperazine rings is 1. The van der Waals surface area contributed by atoms with Crippen LogP contribution in [-0.2, 0) is 17.9 Å². The number of furan rings is 1. The van der Waals surface area contributed by atoms with Crippen LogP contribution >= 0.6 is 11.6 Å². The molecule has 1 saturated heterocycles. The first-order chi connectivity index (χ1) is 11.7. The molecule has 1 aromatic heterocycles. The van der Waals surface area contributed by atoms with E-state index in [0.29, 0.717) is 18.1 Å². The van der Waals surface area contributed by atoms with Crippen LogP contribution in [0.4, 0.5) is 0 Å². The second kappa shape index (κ2) is 8.33. The van der Waals surface area contributed by atoms with E-state index in [1.807, 2.05) is 36.4 Å². The van der Waals surface area contributed by atoms with Crippen molar-refractivity contribution in [2.24, 2.45) is 0 Å². The number of hydrogen-bond acceptors (Lipinski definition) is 4. The van der Waals surface area contributed by atoms with Crippen LogP contribution in [0.2, 0.25) is 5.02 Å². The zero-order valence-electron chi connectivity index (χ0n) is 13.6. The molecule has 1 aromatic carbocycles. The third-order valence-electron chi connectivity index (χ3n) is 4.19. The Labute approximate surface area is 147 Å². The summed E-state index contributed by atoms with van der Waals surface area (Å²) < 4.78 is 5.38. The summed E-state index contributed by atoms with van der Waals surface area (Å²) in [5.41, 5.74) is 1.05. The topological polar surface area (TPSA) is 48.7 Å². The van der Waals surface area contributed by atoms with Gasteiger partial charge < -0.3 is 9.73 Å². The molecule has 128 valence electrons. The van der Waals surface area contributed by atoms with E-state index in [2.05, 4.69) is 15.1 Å². The quantitative estimate of drug-likeness (QED) is 0.871. The van der Waals surface area contributed by atoms with Crippen LogP contribution in [0.25, 0.3) is 0 Å². The lowest BCUT2D eigenvalue weighted by Crippen LogP contribution is -2.49. The molecule has 0 radical (unpaired) electrons. The molecule has 5 nitrogen and oxygen atoms in total. The predicted molar refractivity (Wildman–Crippen MR) is 93.7 cm³/mol. The number of rotatable bonds is 6. The fourth-order valence-electron chi connectivity index (χ4n) is 2.79.